The van der Waals surface area contributed by atoms with Crippen LogP contribution in [0.4, 0.5) is 0 Å². The third kappa shape index (κ3) is 6.31. The van der Waals surface area contributed by atoms with E-state index >= 15 is 0 Å². The van der Waals surface area contributed by atoms with E-state index in [0.29, 0.717) is 25.1 Å². The van der Waals surface area contributed by atoms with Crippen LogP contribution in [0.2, 0.25) is 0 Å². The van der Waals surface area contributed by atoms with Gasteiger partial charge in [0.1, 0.15) is 12.4 Å². The van der Waals surface area contributed by atoms with E-state index in [1.54, 1.807) is 0 Å². The van der Waals surface area contributed by atoms with Crippen LogP contribution in [0.1, 0.15) is 60.3 Å². The fraction of sp³-hybridized carbons (Fsp3) is 0.344. The topological polar surface area (TPSA) is 67.2 Å². The third-order valence-corrected chi connectivity index (χ3v) is 7.46. The predicted molar refractivity (Wildman–Crippen MR) is 151 cm³/mol. The van der Waals surface area contributed by atoms with Crippen LogP contribution in [0, 0.1) is 0 Å². The van der Waals surface area contributed by atoms with Gasteiger partial charge < -0.3 is 14.8 Å². The molecule has 0 saturated heterocycles. The van der Waals surface area contributed by atoms with Gasteiger partial charge in [-0.2, -0.15) is 0 Å². The second kappa shape index (κ2) is 12.5. The number of carbonyl (C=O) groups is 2. The van der Waals surface area contributed by atoms with Crippen molar-refractivity contribution in [3.63, 3.8) is 0 Å². The van der Waals surface area contributed by atoms with Crippen LogP contribution in [0.15, 0.2) is 84.9 Å². The monoisotopic (exact) mass is 508 g/mol. The van der Waals surface area contributed by atoms with Crippen molar-refractivity contribution in [2.45, 2.75) is 64.1 Å². The number of rotatable bonds is 10. The van der Waals surface area contributed by atoms with Gasteiger partial charge in [-0.05, 0) is 49.1 Å². The quantitative estimate of drug-likeness (QED) is 0.277. The summed E-state index contributed by atoms with van der Waals surface area (Å²) in [6, 6.07) is 27.9. The number of aryl methyl sites for hydroxylation is 1. The first-order chi connectivity index (χ1) is 18.7. The van der Waals surface area contributed by atoms with Gasteiger partial charge in [0.25, 0.3) is 5.91 Å². The van der Waals surface area contributed by atoms with Gasteiger partial charge in [-0.25, -0.2) is 4.98 Å². The molecule has 0 aliphatic heterocycles. The second-order valence-corrected chi connectivity index (χ2v) is 10.1. The molecule has 1 saturated carbocycles. The van der Waals surface area contributed by atoms with Gasteiger partial charge in [-0.1, -0.05) is 79.9 Å². The van der Waals surface area contributed by atoms with Crippen molar-refractivity contribution < 1.29 is 9.59 Å². The van der Waals surface area contributed by atoms with Crippen molar-refractivity contribution in [2.24, 2.45) is 0 Å². The summed E-state index contributed by atoms with van der Waals surface area (Å²) in [5.74, 6) is 0.956. The van der Waals surface area contributed by atoms with E-state index in [-0.39, 0.29) is 24.4 Å². The Balaban J connectivity index is 1.30. The number of nitrogens with zero attached hydrogens (tertiary/aromatic N) is 3. The Bertz CT molecular complexity index is 1340. The highest BCUT2D eigenvalue weighted by Gasteiger charge is 2.27. The highest BCUT2D eigenvalue weighted by Crippen LogP contribution is 2.25. The molecule has 0 spiro atoms. The Morgan fingerprint density at radius 3 is 2.32 bits per heavy atom. The van der Waals surface area contributed by atoms with Gasteiger partial charge in [0.15, 0.2) is 0 Å². The standard InChI is InChI=1S/C32H36N4O2/c37-31(35(27-17-8-3-9-18-27)23-25-13-4-1-5-14-25)24-36-29-20-11-10-19-28(29)34-30(36)21-12-22-33-32(38)26-15-6-2-7-16-26/h1-2,4-7,10-11,13-16,19-20,27H,3,8-9,12,17-18,21-24H2,(H,33,38). The first-order valence-electron chi connectivity index (χ1n) is 13.8. The van der Waals surface area contributed by atoms with E-state index in [0.717, 1.165) is 41.7 Å². The first-order valence-corrected chi connectivity index (χ1v) is 13.8. The molecule has 1 heterocycles. The summed E-state index contributed by atoms with van der Waals surface area (Å²) in [5.41, 5.74) is 3.70. The number of amides is 2. The molecule has 38 heavy (non-hydrogen) atoms. The maximum Gasteiger partial charge on any atom is 0.251 e. The van der Waals surface area contributed by atoms with Crippen molar-refractivity contribution in [2.75, 3.05) is 6.54 Å². The summed E-state index contributed by atoms with van der Waals surface area (Å²) in [5, 5.41) is 3.00. The van der Waals surface area contributed by atoms with Gasteiger partial charge in [0.05, 0.1) is 11.0 Å². The van der Waals surface area contributed by atoms with Crippen LogP contribution in [0.25, 0.3) is 11.0 Å². The number of nitrogens with one attached hydrogen (secondary N) is 1. The maximum atomic E-state index is 13.9. The zero-order valence-corrected chi connectivity index (χ0v) is 21.9. The zero-order chi connectivity index (χ0) is 26.2. The first kappa shape index (κ1) is 25.7. The highest BCUT2D eigenvalue weighted by atomic mass is 16.2. The second-order valence-electron chi connectivity index (χ2n) is 10.1. The van der Waals surface area contributed by atoms with Crippen LogP contribution < -0.4 is 5.32 Å². The zero-order valence-electron chi connectivity index (χ0n) is 21.9. The van der Waals surface area contributed by atoms with Crippen molar-refractivity contribution in [3.05, 3.63) is 102 Å². The summed E-state index contributed by atoms with van der Waals surface area (Å²) in [6.45, 7) is 1.46. The van der Waals surface area contributed by atoms with Gasteiger partial charge in [-0.15, -0.1) is 0 Å². The molecule has 1 aromatic heterocycles. The molecular formula is C32H36N4O2. The number of aromatic nitrogens is 2. The minimum atomic E-state index is -0.0710. The molecule has 2 amide bonds. The minimum Gasteiger partial charge on any atom is -0.352 e. The predicted octanol–water partition coefficient (Wildman–Crippen LogP) is 5.76. The van der Waals surface area contributed by atoms with Gasteiger partial charge in [-0.3, -0.25) is 9.59 Å². The van der Waals surface area contributed by atoms with Crippen LogP contribution in [0.3, 0.4) is 0 Å². The lowest BCUT2D eigenvalue weighted by Crippen LogP contribution is -2.42. The SMILES string of the molecule is O=C(NCCCc1nc2ccccc2n1CC(=O)N(Cc1ccccc1)C1CCCCC1)c1ccccc1. The molecule has 0 unspecified atom stereocenters. The van der Waals surface area contributed by atoms with E-state index in [4.69, 9.17) is 4.98 Å². The lowest BCUT2D eigenvalue weighted by atomic mass is 9.93. The molecule has 5 rings (SSSR count). The molecule has 1 fully saturated rings. The summed E-state index contributed by atoms with van der Waals surface area (Å²) in [7, 11) is 0. The fourth-order valence-corrected chi connectivity index (χ4v) is 5.45. The molecule has 4 aromatic rings. The smallest absolute Gasteiger partial charge is 0.251 e. The summed E-state index contributed by atoms with van der Waals surface area (Å²) < 4.78 is 2.08. The van der Waals surface area contributed by atoms with Crippen LogP contribution in [-0.4, -0.2) is 38.9 Å². The highest BCUT2D eigenvalue weighted by molar-refractivity contribution is 5.94. The van der Waals surface area contributed by atoms with E-state index in [1.165, 1.54) is 19.3 Å². The van der Waals surface area contributed by atoms with E-state index < -0.39 is 0 Å². The number of hydrogen-bond donors (Lipinski definition) is 1. The van der Waals surface area contributed by atoms with Crippen LogP contribution >= 0.6 is 0 Å². The van der Waals surface area contributed by atoms with Gasteiger partial charge >= 0.3 is 0 Å². The average molecular weight is 509 g/mol. The summed E-state index contributed by atoms with van der Waals surface area (Å²) in [4.78, 5) is 33.3. The van der Waals surface area contributed by atoms with Gasteiger partial charge in [0, 0.05) is 31.1 Å². The number of fused-ring (bicyclic) bond motifs is 1. The molecule has 1 aliphatic rings. The molecule has 0 atom stereocenters. The lowest BCUT2D eigenvalue weighted by Gasteiger charge is -2.35. The molecule has 6 heteroatoms. The largest absolute Gasteiger partial charge is 0.352 e. The lowest BCUT2D eigenvalue weighted by molar-refractivity contribution is -0.135. The molecule has 3 aromatic carbocycles. The summed E-state index contributed by atoms with van der Waals surface area (Å²) in [6.07, 6.45) is 7.16. The molecular weight excluding hydrogens is 472 g/mol. The van der Waals surface area contributed by atoms with E-state index in [2.05, 4.69) is 26.9 Å². The van der Waals surface area contributed by atoms with E-state index in [9.17, 15) is 9.59 Å². The fourth-order valence-electron chi connectivity index (χ4n) is 5.45. The number of benzene rings is 3. The van der Waals surface area contributed by atoms with Gasteiger partial charge in [0.2, 0.25) is 5.91 Å². The van der Waals surface area contributed by atoms with E-state index in [1.807, 2.05) is 72.8 Å². The van der Waals surface area contributed by atoms with Crippen LogP contribution in [-0.2, 0) is 24.3 Å². The average Bonchev–Trinajstić information content (AvgIpc) is 3.32. The molecule has 1 N–H and O–H groups in total. The Morgan fingerprint density at radius 1 is 0.868 bits per heavy atom. The number of para-hydroxylation sites is 2. The Hall–Kier alpha value is -3.93. The minimum absolute atomic E-state index is 0.0710. The molecule has 0 bridgehead atoms. The van der Waals surface area contributed by atoms with Crippen molar-refractivity contribution >= 4 is 22.8 Å². The summed E-state index contributed by atoms with van der Waals surface area (Å²) >= 11 is 0. The molecule has 6 nitrogen and oxygen atoms in total. The Kier molecular flexibility index (Phi) is 8.49. The van der Waals surface area contributed by atoms with Crippen molar-refractivity contribution in [1.82, 2.24) is 19.8 Å². The number of hydrogen-bond acceptors (Lipinski definition) is 3. The molecule has 0 radical (unpaired) electrons. The van der Waals surface area contributed by atoms with Crippen molar-refractivity contribution in [1.29, 1.82) is 0 Å². The number of carbonyl (C=O) groups excluding carboxylic acids is 2. The Labute approximate surface area is 224 Å². The molecule has 1 aliphatic carbocycles. The third-order valence-electron chi connectivity index (χ3n) is 7.46. The normalized spacial score (nSPS) is 13.9. The van der Waals surface area contributed by atoms with Crippen molar-refractivity contribution in [3.8, 4) is 0 Å². The number of imidazole rings is 1. The Morgan fingerprint density at radius 2 is 1.55 bits per heavy atom. The van der Waals surface area contributed by atoms with Crippen LogP contribution in [0.5, 0.6) is 0 Å². The maximum absolute atomic E-state index is 13.9. The molecule has 196 valence electrons.